The number of benzene rings is 2. The number of rotatable bonds is 6. The molecule has 0 saturated carbocycles. The predicted octanol–water partition coefficient (Wildman–Crippen LogP) is 6.22. The minimum atomic E-state index is 0.248. The summed E-state index contributed by atoms with van der Waals surface area (Å²) in [6, 6.07) is 18.3. The van der Waals surface area contributed by atoms with Crippen LogP contribution in [0.2, 0.25) is 0 Å². The molecule has 2 aromatic carbocycles. The summed E-state index contributed by atoms with van der Waals surface area (Å²) < 4.78 is 0. The molecule has 0 saturated heterocycles. The Morgan fingerprint density at radius 2 is 1.74 bits per heavy atom. The third kappa shape index (κ3) is 4.83. The van der Waals surface area contributed by atoms with Crippen molar-refractivity contribution in [3.05, 3.63) is 60.2 Å². The van der Waals surface area contributed by atoms with Gasteiger partial charge in [-0.1, -0.05) is 37.6 Å². The van der Waals surface area contributed by atoms with Crippen LogP contribution in [-0.2, 0) is 0 Å². The number of hydrogen-bond donors (Lipinski definition) is 2. The van der Waals surface area contributed by atoms with E-state index in [9.17, 15) is 5.11 Å². The summed E-state index contributed by atoms with van der Waals surface area (Å²) in [5.41, 5.74) is 4.84. The minimum absolute atomic E-state index is 0.248. The molecular formula is C23H26N2OS. The van der Waals surface area contributed by atoms with E-state index in [4.69, 9.17) is 4.98 Å². The molecule has 0 bridgehead atoms. The van der Waals surface area contributed by atoms with Gasteiger partial charge in [-0.15, -0.1) is 11.8 Å². The normalized spacial score (nSPS) is 11.0. The largest absolute Gasteiger partial charge is 0.507 e. The predicted molar refractivity (Wildman–Crippen MR) is 117 cm³/mol. The first kappa shape index (κ1) is 19.3. The van der Waals surface area contributed by atoms with Crippen LogP contribution in [0.4, 0.5) is 5.82 Å². The third-order valence-electron chi connectivity index (χ3n) is 4.37. The minimum Gasteiger partial charge on any atom is -0.507 e. The van der Waals surface area contributed by atoms with Crippen LogP contribution in [0.15, 0.2) is 59.5 Å². The zero-order valence-corrected chi connectivity index (χ0v) is 17.1. The number of thioether (sulfide) groups is 1. The van der Waals surface area contributed by atoms with Crippen molar-refractivity contribution in [2.75, 3.05) is 18.1 Å². The molecule has 27 heavy (non-hydrogen) atoms. The standard InChI is InChI=1S/C23H26N2OS/c1-15(2)14-24-23-13-18(17-6-8-19(27-4)9-7-17)12-21(25-23)20-11-16(3)5-10-22(20)26/h5-13,15,26H,14H2,1-4H3,(H,24,25). The molecule has 0 fully saturated rings. The molecule has 0 atom stereocenters. The van der Waals surface area contributed by atoms with Gasteiger partial charge >= 0.3 is 0 Å². The summed E-state index contributed by atoms with van der Waals surface area (Å²) in [6.07, 6.45) is 2.08. The number of anilines is 1. The molecule has 2 N–H and O–H groups in total. The number of nitrogens with zero attached hydrogens (tertiary/aromatic N) is 1. The molecule has 0 radical (unpaired) electrons. The average Bonchev–Trinajstić information content (AvgIpc) is 2.68. The van der Waals surface area contributed by atoms with Gasteiger partial charge in [0.25, 0.3) is 0 Å². The van der Waals surface area contributed by atoms with Crippen molar-refractivity contribution in [1.82, 2.24) is 4.98 Å². The highest BCUT2D eigenvalue weighted by Gasteiger charge is 2.11. The number of hydrogen-bond acceptors (Lipinski definition) is 4. The summed E-state index contributed by atoms with van der Waals surface area (Å²) in [5, 5.41) is 13.8. The van der Waals surface area contributed by atoms with Gasteiger partial charge in [0.15, 0.2) is 0 Å². The Hall–Kier alpha value is -2.46. The average molecular weight is 379 g/mol. The highest BCUT2D eigenvalue weighted by atomic mass is 32.2. The molecule has 1 heterocycles. The Bertz CT molecular complexity index is 920. The van der Waals surface area contributed by atoms with Gasteiger partial charge in [0.05, 0.1) is 5.69 Å². The number of aryl methyl sites for hydroxylation is 1. The van der Waals surface area contributed by atoms with Gasteiger partial charge in [-0.2, -0.15) is 0 Å². The molecule has 0 unspecified atom stereocenters. The first-order chi connectivity index (χ1) is 13.0. The lowest BCUT2D eigenvalue weighted by Crippen LogP contribution is -2.09. The van der Waals surface area contributed by atoms with Crippen LogP contribution < -0.4 is 5.32 Å². The highest BCUT2D eigenvalue weighted by molar-refractivity contribution is 7.98. The zero-order valence-electron chi connectivity index (χ0n) is 16.3. The fraction of sp³-hybridized carbons (Fsp3) is 0.261. The Kier molecular flexibility index (Phi) is 6.07. The van der Waals surface area contributed by atoms with E-state index < -0.39 is 0 Å². The fourth-order valence-corrected chi connectivity index (χ4v) is 3.28. The maximum absolute atomic E-state index is 10.4. The number of phenols is 1. The van der Waals surface area contributed by atoms with Crippen LogP contribution in [0.5, 0.6) is 5.75 Å². The lowest BCUT2D eigenvalue weighted by molar-refractivity contribution is 0.477. The second kappa shape index (κ2) is 8.49. The summed E-state index contributed by atoms with van der Waals surface area (Å²) in [7, 11) is 0. The van der Waals surface area contributed by atoms with Crippen LogP contribution >= 0.6 is 11.8 Å². The smallest absolute Gasteiger partial charge is 0.127 e. The van der Waals surface area contributed by atoms with Crippen molar-refractivity contribution in [3.8, 4) is 28.1 Å². The van der Waals surface area contributed by atoms with Gasteiger partial charge < -0.3 is 10.4 Å². The van der Waals surface area contributed by atoms with E-state index in [0.29, 0.717) is 5.92 Å². The van der Waals surface area contributed by atoms with Gasteiger partial charge in [0.1, 0.15) is 11.6 Å². The quantitative estimate of drug-likeness (QED) is 0.500. The van der Waals surface area contributed by atoms with Crippen molar-refractivity contribution < 1.29 is 5.11 Å². The molecule has 0 aliphatic heterocycles. The highest BCUT2D eigenvalue weighted by Crippen LogP contribution is 2.33. The van der Waals surface area contributed by atoms with Gasteiger partial charge in [-0.3, -0.25) is 0 Å². The Morgan fingerprint density at radius 3 is 2.41 bits per heavy atom. The van der Waals surface area contributed by atoms with Crippen molar-refractivity contribution in [2.24, 2.45) is 5.92 Å². The lowest BCUT2D eigenvalue weighted by atomic mass is 10.0. The Labute approximate surface area is 165 Å². The van der Waals surface area contributed by atoms with Crippen LogP contribution in [0.25, 0.3) is 22.4 Å². The molecule has 1 aromatic heterocycles. The molecule has 0 spiro atoms. The molecule has 0 aliphatic carbocycles. The van der Waals surface area contributed by atoms with Crippen LogP contribution in [0.1, 0.15) is 19.4 Å². The maximum atomic E-state index is 10.4. The number of pyridine rings is 1. The van der Waals surface area contributed by atoms with Crippen molar-refractivity contribution >= 4 is 17.6 Å². The van der Waals surface area contributed by atoms with Crippen molar-refractivity contribution in [2.45, 2.75) is 25.7 Å². The maximum Gasteiger partial charge on any atom is 0.127 e. The van der Waals surface area contributed by atoms with Crippen molar-refractivity contribution in [3.63, 3.8) is 0 Å². The van der Waals surface area contributed by atoms with E-state index >= 15 is 0 Å². The van der Waals surface area contributed by atoms with Crippen molar-refractivity contribution in [1.29, 1.82) is 0 Å². The molecular weight excluding hydrogens is 352 g/mol. The topological polar surface area (TPSA) is 45.2 Å². The Balaban J connectivity index is 2.09. The monoisotopic (exact) mass is 378 g/mol. The summed E-state index contributed by atoms with van der Waals surface area (Å²) in [4.78, 5) is 6.00. The summed E-state index contributed by atoms with van der Waals surface area (Å²) in [6.45, 7) is 7.21. The SMILES string of the molecule is CSc1ccc(-c2cc(NCC(C)C)nc(-c3cc(C)ccc3O)c2)cc1. The van der Waals surface area contributed by atoms with Gasteiger partial charge in [0, 0.05) is 17.0 Å². The first-order valence-electron chi connectivity index (χ1n) is 9.16. The van der Waals surface area contributed by atoms with E-state index in [1.165, 1.54) is 4.90 Å². The summed E-state index contributed by atoms with van der Waals surface area (Å²) in [5.74, 6) is 1.59. The van der Waals surface area contributed by atoms with Crippen LogP contribution in [0, 0.1) is 12.8 Å². The molecule has 0 amide bonds. The van der Waals surface area contributed by atoms with E-state index in [1.54, 1.807) is 17.8 Å². The number of nitrogens with one attached hydrogen (secondary N) is 1. The van der Waals surface area contributed by atoms with E-state index in [2.05, 4.69) is 55.8 Å². The van der Waals surface area contributed by atoms with Gasteiger partial charge in [-0.25, -0.2) is 4.98 Å². The second-order valence-electron chi connectivity index (χ2n) is 7.15. The number of phenolic OH excluding ortho intramolecular Hbond substituents is 1. The molecule has 140 valence electrons. The molecule has 3 aromatic rings. The number of aromatic hydroxyl groups is 1. The first-order valence-corrected chi connectivity index (χ1v) is 10.4. The van der Waals surface area contributed by atoms with E-state index in [0.717, 1.165) is 40.3 Å². The van der Waals surface area contributed by atoms with E-state index in [-0.39, 0.29) is 5.75 Å². The zero-order chi connectivity index (χ0) is 19.4. The van der Waals surface area contributed by atoms with Gasteiger partial charge in [0.2, 0.25) is 0 Å². The molecule has 3 nitrogen and oxygen atoms in total. The molecule has 3 rings (SSSR count). The lowest BCUT2D eigenvalue weighted by Gasteiger charge is -2.14. The Morgan fingerprint density at radius 1 is 1.00 bits per heavy atom. The summed E-state index contributed by atoms with van der Waals surface area (Å²) >= 11 is 1.73. The third-order valence-corrected chi connectivity index (χ3v) is 5.11. The van der Waals surface area contributed by atoms with Crippen LogP contribution in [0.3, 0.4) is 0 Å². The fourth-order valence-electron chi connectivity index (χ4n) is 2.87. The number of aromatic nitrogens is 1. The van der Waals surface area contributed by atoms with Gasteiger partial charge in [-0.05, 0) is 66.6 Å². The second-order valence-corrected chi connectivity index (χ2v) is 8.03. The molecule has 0 aliphatic rings. The molecule has 4 heteroatoms. The van der Waals surface area contributed by atoms with E-state index in [1.807, 2.05) is 25.1 Å². The van der Waals surface area contributed by atoms with Crippen LogP contribution in [-0.4, -0.2) is 22.9 Å².